The molecule has 6 nitrogen and oxygen atoms in total. The number of likely N-dealkylation sites (tertiary alicyclic amines) is 1. The number of amides is 1. The second kappa shape index (κ2) is 5.84. The molecule has 1 aromatic rings. The molecule has 1 fully saturated rings. The van der Waals surface area contributed by atoms with Crippen LogP contribution in [0.3, 0.4) is 0 Å². The topological polar surface area (TPSA) is 79.2 Å². The van der Waals surface area contributed by atoms with E-state index in [-0.39, 0.29) is 11.8 Å². The molecule has 3 rings (SSSR count). The van der Waals surface area contributed by atoms with Crippen LogP contribution in [0.25, 0.3) is 0 Å². The lowest BCUT2D eigenvalue weighted by molar-refractivity contribution is -0.0575. The van der Waals surface area contributed by atoms with E-state index in [1.165, 1.54) is 0 Å². The van der Waals surface area contributed by atoms with Gasteiger partial charge < -0.3 is 24.6 Å². The number of aliphatic hydroxyl groups is 1. The van der Waals surface area contributed by atoms with Gasteiger partial charge in [-0.2, -0.15) is 0 Å². The number of hydrogen-bond donors (Lipinski definition) is 2. The molecular formula is C18H25NO5. The minimum Gasteiger partial charge on any atom is -0.507 e. The van der Waals surface area contributed by atoms with Gasteiger partial charge in [-0.3, -0.25) is 0 Å². The molecule has 1 saturated heterocycles. The van der Waals surface area contributed by atoms with Crippen LogP contribution < -0.4 is 4.74 Å². The van der Waals surface area contributed by atoms with Crippen molar-refractivity contribution in [2.24, 2.45) is 0 Å². The van der Waals surface area contributed by atoms with Gasteiger partial charge in [0.15, 0.2) is 0 Å². The summed E-state index contributed by atoms with van der Waals surface area (Å²) in [6, 6.07) is 5.02. The molecule has 0 aromatic heterocycles. The Bertz CT molecular complexity index is 629. The zero-order valence-electron chi connectivity index (χ0n) is 14.4. The van der Waals surface area contributed by atoms with Crippen LogP contribution >= 0.6 is 0 Å². The van der Waals surface area contributed by atoms with Gasteiger partial charge in [-0.25, -0.2) is 4.79 Å². The maximum Gasteiger partial charge on any atom is 0.410 e. The summed E-state index contributed by atoms with van der Waals surface area (Å²) in [4.78, 5) is 13.9. The summed E-state index contributed by atoms with van der Waals surface area (Å²) in [5.74, 6) is 0.584. The van der Waals surface area contributed by atoms with Crippen molar-refractivity contribution in [2.75, 3.05) is 13.1 Å². The molecule has 1 aromatic carbocycles. The molecule has 132 valence electrons. The largest absolute Gasteiger partial charge is 0.507 e. The fourth-order valence-corrected chi connectivity index (χ4v) is 3.42. The third-order valence-corrected chi connectivity index (χ3v) is 4.59. The fourth-order valence-electron chi connectivity index (χ4n) is 3.42. The van der Waals surface area contributed by atoms with Crippen molar-refractivity contribution in [2.45, 2.75) is 57.3 Å². The molecule has 2 N–H and O–H groups in total. The second-order valence-corrected chi connectivity index (χ2v) is 7.66. The summed E-state index contributed by atoms with van der Waals surface area (Å²) in [5, 5.41) is 20.4. The number of rotatable bonds is 0. The summed E-state index contributed by atoms with van der Waals surface area (Å²) in [5.41, 5.74) is -0.559. The van der Waals surface area contributed by atoms with E-state index in [0.717, 1.165) is 0 Å². The molecule has 1 atom stereocenters. The Morgan fingerprint density at radius 3 is 2.62 bits per heavy atom. The molecule has 2 aliphatic rings. The number of piperidine rings is 1. The molecule has 0 saturated carbocycles. The van der Waals surface area contributed by atoms with Gasteiger partial charge in [0.1, 0.15) is 22.7 Å². The zero-order valence-corrected chi connectivity index (χ0v) is 14.4. The summed E-state index contributed by atoms with van der Waals surface area (Å²) in [7, 11) is 0. The van der Waals surface area contributed by atoms with E-state index in [0.29, 0.717) is 43.7 Å². The first-order chi connectivity index (χ1) is 11.2. The summed E-state index contributed by atoms with van der Waals surface area (Å²) in [6.45, 7) is 6.59. The van der Waals surface area contributed by atoms with Crippen molar-refractivity contribution < 1.29 is 24.5 Å². The van der Waals surface area contributed by atoms with E-state index in [2.05, 4.69) is 0 Å². The first kappa shape index (κ1) is 16.9. The molecule has 1 amide bonds. The quantitative estimate of drug-likeness (QED) is 0.762. The van der Waals surface area contributed by atoms with Crippen LogP contribution in [0, 0.1) is 0 Å². The molecule has 0 unspecified atom stereocenters. The average molecular weight is 335 g/mol. The lowest BCUT2D eigenvalue weighted by atomic mass is 9.81. The molecular weight excluding hydrogens is 310 g/mol. The first-order valence-electron chi connectivity index (χ1n) is 8.36. The van der Waals surface area contributed by atoms with Crippen LogP contribution in [-0.2, 0) is 4.74 Å². The van der Waals surface area contributed by atoms with Crippen molar-refractivity contribution in [3.63, 3.8) is 0 Å². The van der Waals surface area contributed by atoms with Gasteiger partial charge in [0.25, 0.3) is 0 Å². The first-order valence-corrected chi connectivity index (χ1v) is 8.36. The average Bonchev–Trinajstić information content (AvgIpc) is 2.45. The van der Waals surface area contributed by atoms with Crippen LogP contribution in [0.4, 0.5) is 4.79 Å². The number of nitrogens with zero attached hydrogens (tertiary/aromatic N) is 1. The van der Waals surface area contributed by atoms with Gasteiger partial charge >= 0.3 is 6.09 Å². The molecule has 0 radical (unpaired) electrons. The van der Waals surface area contributed by atoms with Crippen molar-refractivity contribution >= 4 is 6.09 Å². The van der Waals surface area contributed by atoms with Gasteiger partial charge in [0.2, 0.25) is 0 Å². The van der Waals surface area contributed by atoms with Crippen LogP contribution in [0.5, 0.6) is 11.5 Å². The van der Waals surface area contributed by atoms with E-state index in [1.807, 2.05) is 20.8 Å². The van der Waals surface area contributed by atoms with Crippen molar-refractivity contribution in [1.82, 2.24) is 4.90 Å². The summed E-state index contributed by atoms with van der Waals surface area (Å²) >= 11 is 0. The molecule has 2 heterocycles. The number of phenols is 1. The lowest BCUT2D eigenvalue weighted by Crippen LogP contribution is -2.52. The normalized spacial score (nSPS) is 22.7. The number of hydrogen-bond acceptors (Lipinski definition) is 5. The van der Waals surface area contributed by atoms with Crippen LogP contribution in [0.1, 0.15) is 51.7 Å². The molecule has 6 heteroatoms. The van der Waals surface area contributed by atoms with Gasteiger partial charge in [-0.05, 0) is 32.9 Å². The maximum absolute atomic E-state index is 12.2. The Labute approximate surface area is 142 Å². The Kier molecular flexibility index (Phi) is 4.11. The Morgan fingerprint density at radius 1 is 1.33 bits per heavy atom. The molecule has 2 aliphatic heterocycles. The monoisotopic (exact) mass is 335 g/mol. The van der Waals surface area contributed by atoms with Gasteiger partial charge in [0, 0.05) is 32.4 Å². The third-order valence-electron chi connectivity index (χ3n) is 4.59. The predicted octanol–water partition coefficient (Wildman–Crippen LogP) is 2.98. The standard InChI is InChI=1S/C18H25NO5/c1-17(2,3)24-16(22)19-9-7-18(8-10-19)11-13(21)15-12(20)5-4-6-14(15)23-18/h4-6,13,20-21H,7-11H2,1-3H3/t13-/m1/s1. The van der Waals surface area contributed by atoms with E-state index in [1.54, 1.807) is 23.1 Å². The van der Waals surface area contributed by atoms with Crippen molar-refractivity contribution in [1.29, 1.82) is 0 Å². The summed E-state index contributed by atoms with van der Waals surface area (Å²) < 4.78 is 11.6. The highest BCUT2D eigenvalue weighted by atomic mass is 16.6. The Hall–Kier alpha value is -1.95. The fraction of sp³-hybridized carbons (Fsp3) is 0.611. The predicted molar refractivity (Wildman–Crippen MR) is 88.1 cm³/mol. The Balaban J connectivity index is 1.69. The zero-order chi connectivity index (χ0) is 17.5. The highest BCUT2D eigenvalue weighted by Crippen LogP contribution is 2.47. The number of carbonyl (C=O) groups is 1. The highest BCUT2D eigenvalue weighted by Gasteiger charge is 2.44. The minimum absolute atomic E-state index is 0.0565. The van der Waals surface area contributed by atoms with E-state index in [9.17, 15) is 15.0 Å². The van der Waals surface area contributed by atoms with E-state index >= 15 is 0 Å². The smallest absolute Gasteiger partial charge is 0.410 e. The second-order valence-electron chi connectivity index (χ2n) is 7.66. The van der Waals surface area contributed by atoms with Crippen molar-refractivity contribution in [3.8, 4) is 11.5 Å². The number of phenolic OH excluding ortho intramolecular Hbond substituents is 1. The van der Waals surface area contributed by atoms with Crippen LogP contribution in [0.2, 0.25) is 0 Å². The van der Waals surface area contributed by atoms with Gasteiger partial charge in [-0.1, -0.05) is 6.07 Å². The third kappa shape index (κ3) is 3.29. The highest BCUT2D eigenvalue weighted by molar-refractivity contribution is 5.68. The van der Waals surface area contributed by atoms with Gasteiger partial charge in [0.05, 0.1) is 11.7 Å². The van der Waals surface area contributed by atoms with Crippen LogP contribution in [0.15, 0.2) is 18.2 Å². The number of carbonyl (C=O) groups excluding carboxylic acids is 1. The minimum atomic E-state index is -0.761. The van der Waals surface area contributed by atoms with Gasteiger partial charge in [-0.15, -0.1) is 0 Å². The molecule has 1 spiro atoms. The van der Waals surface area contributed by atoms with Crippen molar-refractivity contribution in [3.05, 3.63) is 23.8 Å². The molecule has 0 bridgehead atoms. The number of aliphatic hydroxyl groups excluding tert-OH is 1. The van der Waals surface area contributed by atoms with E-state index < -0.39 is 17.3 Å². The SMILES string of the molecule is CC(C)(C)OC(=O)N1CCC2(CC1)C[C@@H](O)c1c(O)cccc1O2. The molecule has 24 heavy (non-hydrogen) atoms. The van der Waals surface area contributed by atoms with Crippen LogP contribution in [-0.4, -0.2) is 45.5 Å². The number of fused-ring (bicyclic) bond motifs is 1. The molecule has 0 aliphatic carbocycles. The summed E-state index contributed by atoms with van der Waals surface area (Å²) in [6.07, 6.45) is 0.589. The Morgan fingerprint density at radius 2 is 2.00 bits per heavy atom. The number of aromatic hydroxyl groups is 1. The van der Waals surface area contributed by atoms with E-state index in [4.69, 9.17) is 9.47 Å². The number of benzene rings is 1. The lowest BCUT2D eigenvalue weighted by Gasteiger charge is -2.45. The number of ether oxygens (including phenoxy) is 2. The maximum atomic E-state index is 12.2.